The molecule has 1 aliphatic heterocycles. The lowest BCUT2D eigenvalue weighted by Crippen LogP contribution is -2.31. The van der Waals surface area contributed by atoms with Crippen molar-refractivity contribution in [3.8, 4) is 0 Å². The van der Waals surface area contributed by atoms with Crippen LogP contribution < -0.4 is 0 Å². The number of nitrogens with zero attached hydrogens (tertiary/aromatic N) is 4. The molecule has 2 heterocycles. The maximum Gasteiger partial charge on any atom is 0.137 e. The maximum absolute atomic E-state index is 6.01. The number of hydrogen-bond acceptors (Lipinski definition) is 4. The fourth-order valence-corrected chi connectivity index (χ4v) is 3.34. The lowest BCUT2D eigenvalue weighted by Gasteiger charge is -2.28. The zero-order valence-corrected chi connectivity index (χ0v) is 15.0. The van der Waals surface area contributed by atoms with E-state index in [-0.39, 0.29) is 12.1 Å². The Morgan fingerprint density at radius 3 is 2.62 bits per heavy atom. The Hall–Kier alpha value is -2.66. The Balaban J connectivity index is 1.54. The smallest absolute Gasteiger partial charge is 0.137 e. The monoisotopic (exact) mass is 366 g/mol. The Bertz CT molecular complexity index is 863. The van der Waals surface area contributed by atoms with Gasteiger partial charge in [0.1, 0.15) is 30.5 Å². The van der Waals surface area contributed by atoms with E-state index in [1.807, 2.05) is 35.0 Å². The van der Waals surface area contributed by atoms with Crippen LogP contribution in [0.1, 0.15) is 30.0 Å². The van der Waals surface area contributed by atoms with Crippen LogP contribution in [-0.2, 0) is 11.3 Å². The first-order valence-electron chi connectivity index (χ1n) is 8.67. The molecule has 5 nitrogen and oxygen atoms in total. The molecule has 0 N–H and O–H groups in total. The van der Waals surface area contributed by atoms with Crippen LogP contribution in [-0.4, -0.2) is 26.6 Å². The van der Waals surface area contributed by atoms with Gasteiger partial charge in [-0.25, -0.2) is 9.67 Å². The summed E-state index contributed by atoms with van der Waals surface area (Å²) < 4.78 is 1.85. The van der Waals surface area contributed by atoms with E-state index >= 15 is 0 Å². The van der Waals surface area contributed by atoms with Crippen molar-refractivity contribution < 1.29 is 4.84 Å². The number of benzene rings is 2. The normalized spacial score (nSPS) is 19.7. The van der Waals surface area contributed by atoms with Gasteiger partial charge < -0.3 is 4.84 Å². The van der Waals surface area contributed by atoms with Crippen molar-refractivity contribution in [2.75, 3.05) is 0 Å². The zero-order valence-electron chi connectivity index (χ0n) is 14.2. The topological polar surface area (TPSA) is 52.3 Å². The van der Waals surface area contributed by atoms with Crippen molar-refractivity contribution in [3.05, 3.63) is 83.4 Å². The summed E-state index contributed by atoms with van der Waals surface area (Å²) in [5, 5.41) is 9.47. The van der Waals surface area contributed by atoms with Gasteiger partial charge in [-0.2, -0.15) is 5.10 Å². The fourth-order valence-electron chi connectivity index (χ4n) is 3.22. The summed E-state index contributed by atoms with van der Waals surface area (Å²) in [5.74, 6) is 0. The van der Waals surface area contributed by atoms with Crippen molar-refractivity contribution in [3.63, 3.8) is 0 Å². The van der Waals surface area contributed by atoms with E-state index in [1.54, 1.807) is 12.7 Å². The minimum Gasteiger partial charge on any atom is -0.392 e. The van der Waals surface area contributed by atoms with Crippen LogP contribution >= 0.6 is 11.6 Å². The number of rotatable bonds is 5. The summed E-state index contributed by atoms with van der Waals surface area (Å²) in [6, 6.07) is 18.1. The second kappa shape index (κ2) is 7.70. The molecule has 0 saturated carbocycles. The number of hydrogen-bond donors (Lipinski definition) is 0. The molecule has 0 fully saturated rings. The third-order valence-corrected chi connectivity index (χ3v) is 4.85. The molecule has 2 unspecified atom stereocenters. The van der Waals surface area contributed by atoms with Crippen LogP contribution in [0.2, 0.25) is 5.02 Å². The first-order valence-corrected chi connectivity index (χ1v) is 9.05. The van der Waals surface area contributed by atoms with Gasteiger partial charge in [-0.05, 0) is 30.5 Å². The Morgan fingerprint density at radius 2 is 1.88 bits per heavy atom. The summed E-state index contributed by atoms with van der Waals surface area (Å²) >= 11 is 6.01. The molecule has 4 rings (SSSR count). The predicted octanol–water partition coefficient (Wildman–Crippen LogP) is 4.30. The van der Waals surface area contributed by atoms with Crippen LogP contribution in [0, 0.1) is 0 Å². The Kier molecular flexibility index (Phi) is 4.97. The summed E-state index contributed by atoms with van der Waals surface area (Å²) in [6.45, 7) is 0. The molecule has 132 valence electrons. The predicted molar refractivity (Wildman–Crippen MR) is 101 cm³/mol. The van der Waals surface area contributed by atoms with E-state index < -0.39 is 0 Å². The van der Waals surface area contributed by atoms with E-state index in [4.69, 9.17) is 16.4 Å². The summed E-state index contributed by atoms with van der Waals surface area (Å²) in [5.41, 5.74) is 3.14. The largest absolute Gasteiger partial charge is 0.392 e. The van der Waals surface area contributed by atoms with Gasteiger partial charge in [-0.1, -0.05) is 59.2 Å². The number of oxime groups is 1. The van der Waals surface area contributed by atoms with Crippen molar-refractivity contribution in [2.45, 2.75) is 31.4 Å². The molecule has 26 heavy (non-hydrogen) atoms. The Morgan fingerprint density at radius 1 is 1.08 bits per heavy atom. The van der Waals surface area contributed by atoms with Crippen LogP contribution in [0.25, 0.3) is 0 Å². The molecule has 2 atom stereocenters. The molecule has 6 heteroatoms. The Labute approximate surface area is 157 Å². The van der Waals surface area contributed by atoms with Crippen molar-refractivity contribution in [2.24, 2.45) is 5.16 Å². The number of halogens is 1. The van der Waals surface area contributed by atoms with Crippen LogP contribution in [0.3, 0.4) is 0 Å². The standard InChI is InChI=1S/C20H19ClN4O/c21-17-9-7-16(8-10-17)20-19(25-14-22-13-23-25)12-18(26-24-20)11-6-15-4-2-1-3-5-15/h1-5,7-10,13-14,18-19H,6,11-12H2. The molecule has 1 aliphatic rings. The molecule has 1 aromatic heterocycles. The van der Waals surface area contributed by atoms with E-state index in [9.17, 15) is 0 Å². The van der Waals surface area contributed by atoms with Crippen molar-refractivity contribution in [1.29, 1.82) is 0 Å². The minimum atomic E-state index is -0.00630. The SMILES string of the molecule is Clc1ccc(C2=NOC(CCc3ccccc3)CC2n2cncn2)cc1. The molecule has 0 saturated heterocycles. The van der Waals surface area contributed by atoms with Gasteiger partial charge in [0.15, 0.2) is 0 Å². The highest BCUT2D eigenvalue weighted by molar-refractivity contribution is 6.30. The van der Waals surface area contributed by atoms with Crippen LogP contribution in [0.5, 0.6) is 0 Å². The van der Waals surface area contributed by atoms with Gasteiger partial charge in [0, 0.05) is 17.0 Å². The lowest BCUT2D eigenvalue weighted by atomic mass is 9.94. The molecule has 2 aromatic carbocycles. The lowest BCUT2D eigenvalue weighted by molar-refractivity contribution is 0.0268. The van der Waals surface area contributed by atoms with Crippen LogP contribution in [0.4, 0.5) is 0 Å². The molecular formula is C20H19ClN4O. The highest BCUT2D eigenvalue weighted by Crippen LogP contribution is 2.28. The van der Waals surface area contributed by atoms with Crippen LogP contribution in [0.15, 0.2) is 72.4 Å². The van der Waals surface area contributed by atoms with Crippen molar-refractivity contribution >= 4 is 17.3 Å². The molecule has 0 amide bonds. The van der Waals surface area contributed by atoms with Gasteiger partial charge in [-0.15, -0.1) is 0 Å². The van der Waals surface area contributed by atoms with E-state index in [1.165, 1.54) is 5.56 Å². The van der Waals surface area contributed by atoms with Gasteiger partial charge in [0.05, 0.1) is 0 Å². The third-order valence-electron chi connectivity index (χ3n) is 4.60. The van der Waals surface area contributed by atoms with E-state index in [0.717, 1.165) is 30.5 Å². The molecule has 0 spiro atoms. The number of aromatic nitrogens is 3. The second-order valence-electron chi connectivity index (χ2n) is 6.36. The summed E-state index contributed by atoms with van der Waals surface area (Å²) in [4.78, 5) is 9.91. The van der Waals surface area contributed by atoms with E-state index in [0.29, 0.717) is 5.02 Å². The first-order chi connectivity index (χ1) is 12.8. The average molecular weight is 367 g/mol. The zero-order chi connectivity index (χ0) is 17.8. The average Bonchev–Trinajstić information content (AvgIpc) is 3.22. The maximum atomic E-state index is 6.01. The molecular weight excluding hydrogens is 348 g/mol. The minimum absolute atomic E-state index is 0.00630. The van der Waals surface area contributed by atoms with E-state index in [2.05, 4.69) is 39.5 Å². The first kappa shape index (κ1) is 16.8. The second-order valence-corrected chi connectivity index (χ2v) is 6.80. The van der Waals surface area contributed by atoms with Gasteiger partial charge in [0.2, 0.25) is 0 Å². The third kappa shape index (κ3) is 3.78. The van der Waals surface area contributed by atoms with Gasteiger partial charge in [-0.3, -0.25) is 0 Å². The quantitative estimate of drug-likeness (QED) is 0.676. The highest BCUT2D eigenvalue weighted by Gasteiger charge is 2.30. The highest BCUT2D eigenvalue weighted by atomic mass is 35.5. The summed E-state index contributed by atoms with van der Waals surface area (Å²) in [6.07, 6.45) is 6.00. The molecule has 0 radical (unpaired) electrons. The molecule has 3 aromatic rings. The molecule has 0 bridgehead atoms. The molecule has 0 aliphatic carbocycles. The number of aryl methyl sites for hydroxylation is 1. The fraction of sp³-hybridized carbons (Fsp3) is 0.250. The van der Waals surface area contributed by atoms with Gasteiger partial charge in [0.25, 0.3) is 0 Å². The van der Waals surface area contributed by atoms with Crippen molar-refractivity contribution in [1.82, 2.24) is 14.8 Å². The van der Waals surface area contributed by atoms with Gasteiger partial charge >= 0.3 is 0 Å². The summed E-state index contributed by atoms with van der Waals surface area (Å²) in [7, 11) is 0.